The molecule has 0 aromatic carbocycles. The summed E-state index contributed by atoms with van der Waals surface area (Å²) >= 11 is 0. The van der Waals surface area contributed by atoms with Crippen LogP contribution < -0.4 is 5.32 Å². The van der Waals surface area contributed by atoms with Crippen molar-refractivity contribution in [3.63, 3.8) is 0 Å². The zero-order valence-electron chi connectivity index (χ0n) is 9.38. The van der Waals surface area contributed by atoms with Gasteiger partial charge in [-0.3, -0.25) is 4.79 Å². The molecule has 0 spiro atoms. The number of likely N-dealkylation sites (tertiary alicyclic amines) is 1. The van der Waals surface area contributed by atoms with Gasteiger partial charge in [-0.05, 0) is 26.2 Å². The van der Waals surface area contributed by atoms with Crippen LogP contribution in [0, 0.1) is 0 Å². The molecule has 1 atom stereocenters. The topological polar surface area (TPSA) is 32.3 Å². The van der Waals surface area contributed by atoms with E-state index in [2.05, 4.69) is 19.2 Å². The molecule has 0 aromatic rings. The van der Waals surface area contributed by atoms with Gasteiger partial charge in [0.15, 0.2) is 0 Å². The van der Waals surface area contributed by atoms with Crippen molar-refractivity contribution in [1.82, 2.24) is 10.2 Å². The van der Waals surface area contributed by atoms with E-state index in [1.165, 1.54) is 19.3 Å². The molecular weight excluding hydrogens is 176 g/mol. The third-order valence-electron chi connectivity index (χ3n) is 2.78. The summed E-state index contributed by atoms with van der Waals surface area (Å²) in [5.41, 5.74) is 0. The maximum absolute atomic E-state index is 11.6. The highest BCUT2D eigenvalue weighted by atomic mass is 16.2. The summed E-state index contributed by atoms with van der Waals surface area (Å²) in [4.78, 5) is 13.6. The monoisotopic (exact) mass is 198 g/mol. The van der Waals surface area contributed by atoms with Crippen molar-refractivity contribution in [3.05, 3.63) is 0 Å². The first-order valence-corrected chi connectivity index (χ1v) is 5.75. The highest BCUT2D eigenvalue weighted by Gasteiger charge is 2.17. The lowest BCUT2D eigenvalue weighted by Gasteiger charge is -2.18. The third-order valence-corrected chi connectivity index (χ3v) is 2.78. The Kier molecular flexibility index (Phi) is 4.94. The summed E-state index contributed by atoms with van der Waals surface area (Å²) in [5, 5.41) is 3.27. The maximum atomic E-state index is 11.6. The van der Waals surface area contributed by atoms with Gasteiger partial charge < -0.3 is 10.2 Å². The summed E-state index contributed by atoms with van der Waals surface area (Å²) in [7, 11) is 0. The average Bonchev–Trinajstić information content (AvgIpc) is 2.67. The van der Waals surface area contributed by atoms with E-state index >= 15 is 0 Å². The van der Waals surface area contributed by atoms with Gasteiger partial charge in [0.2, 0.25) is 5.91 Å². The zero-order valence-corrected chi connectivity index (χ0v) is 9.38. The largest absolute Gasteiger partial charge is 0.342 e. The van der Waals surface area contributed by atoms with Gasteiger partial charge in [0.1, 0.15) is 0 Å². The van der Waals surface area contributed by atoms with Gasteiger partial charge in [0.25, 0.3) is 0 Å². The van der Waals surface area contributed by atoms with E-state index in [1.54, 1.807) is 0 Å². The molecule has 1 aliphatic heterocycles. The predicted octanol–water partition coefficient (Wildman–Crippen LogP) is 1.39. The minimum atomic E-state index is 0.269. The molecule has 82 valence electrons. The maximum Gasteiger partial charge on any atom is 0.236 e. The lowest BCUT2D eigenvalue weighted by molar-refractivity contribution is -0.129. The molecule has 1 N–H and O–H groups in total. The van der Waals surface area contributed by atoms with Crippen LogP contribution in [0.5, 0.6) is 0 Å². The first kappa shape index (κ1) is 11.5. The minimum Gasteiger partial charge on any atom is -0.342 e. The van der Waals surface area contributed by atoms with Crippen LogP contribution in [0.1, 0.15) is 39.5 Å². The van der Waals surface area contributed by atoms with E-state index in [9.17, 15) is 4.79 Å². The Morgan fingerprint density at radius 1 is 1.43 bits per heavy atom. The molecule has 1 saturated heterocycles. The molecule has 1 aliphatic rings. The van der Waals surface area contributed by atoms with Crippen LogP contribution >= 0.6 is 0 Å². The minimum absolute atomic E-state index is 0.269. The lowest BCUT2D eigenvalue weighted by Crippen LogP contribution is -2.39. The number of hydrogen-bond donors (Lipinski definition) is 1. The first-order chi connectivity index (χ1) is 6.74. The van der Waals surface area contributed by atoms with Crippen molar-refractivity contribution in [1.29, 1.82) is 0 Å². The average molecular weight is 198 g/mol. The second kappa shape index (κ2) is 6.02. The van der Waals surface area contributed by atoms with Gasteiger partial charge in [-0.25, -0.2) is 0 Å². The standard InChI is InChI=1S/C11H22N2O/c1-3-6-10(2)12-9-11(14)13-7-4-5-8-13/h10,12H,3-9H2,1-2H3. The normalized spacial score (nSPS) is 18.6. The highest BCUT2D eigenvalue weighted by Crippen LogP contribution is 2.06. The number of carbonyl (C=O) groups is 1. The van der Waals surface area contributed by atoms with Crippen LogP contribution in [0.25, 0.3) is 0 Å². The number of nitrogens with zero attached hydrogens (tertiary/aromatic N) is 1. The molecule has 0 aliphatic carbocycles. The van der Waals surface area contributed by atoms with Gasteiger partial charge in [-0.2, -0.15) is 0 Å². The second-order valence-electron chi connectivity index (χ2n) is 4.16. The Hall–Kier alpha value is -0.570. The second-order valence-corrected chi connectivity index (χ2v) is 4.16. The van der Waals surface area contributed by atoms with Crippen LogP contribution in [0.15, 0.2) is 0 Å². The molecule has 14 heavy (non-hydrogen) atoms. The van der Waals surface area contributed by atoms with E-state index < -0.39 is 0 Å². The molecule has 0 aromatic heterocycles. The fourth-order valence-corrected chi connectivity index (χ4v) is 1.87. The molecule has 1 heterocycles. The van der Waals surface area contributed by atoms with E-state index in [1.807, 2.05) is 4.90 Å². The zero-order chi connectivity index (χ0) is 10.4. The van der Waals surface area contributed by atoms with Crippen molar-refractivity contribution < 1.29 is 4.79 Å². The fourth-order valence-electron chi connectivity index (χ4n) is 1.87. The molecule has 3 nitrogen and oxygen atoms in total. The highest BCUT2D eigenvalue weighted by molar-refractivity contribution is 5.78. The Morgan fingerprint density at radius 3 is 2.64 bits per heavy atom. The SMILES string of the molecule is CCCC(C)NCC(=O)N1CCCC1. The molecular formula is C11H22N2O. The van der Waals surface area contributed by atoms with Crippen molar-refractivity contribution in [2.45, 2.75) is 45.6 Å². The van der Waals surface area contributed by atoms with Crippen molar-refractivity contribution >= 4 is 5.91 Å². The van der Waals surface area contributed by atoms with Crippen molar-refractivity contribution in [2.24, 2.45) is 0 Å². The smallest absolute Gasteiger partial charge is 0.236 e. The van der Waals surface area contributed by atoms with Gasteiger partial charge in [0, 0.05) is 19.1 Å². The number of carbonyl (C=O) groups excluding carboxylic acids is 1. The quantitative estimate of drug-likeness (QED) is 0.724. The van der Waals surface area contributed by atoms with E-state index in [-0.39, 0.29) is 5.91 Å². The molecule has 0 radical (unpaired) electrons. The van der Waals surface area contributed by atoms with Crippen LogP contribution in [-0.2, 0) is 4.79 Å². The molecule has 3 heteroatoms. The Balaban J connectivity index is 2.13. The van der Waals surface area contributed by atoms with Crippen molar-refractivity contribution in [3.8, 4) is 0 Å². The number of hydrogen-bond acceptors (Lipinski definition) is 2. The molecule has 1 amide bonds. The summed E-state index contributed by atoms with van der Waals surface area (Å²) in [5.74, 6) is 0.269. The lowest BCUT2D eigenvalue weighted by atomic mass is 10.2. The molecule has 0 bridgehead atoms. The van der Waals surface area contributed by atoms with E-state index in [0.717, 1.165) is 19.5 Å². The Morgan fingerprint density at radius 2 is 2.07 bits per heavy atom. The molecule has 1 fully saturated rings. The van der Waals surface area contributed by atoms with Crippen molar-refractivity contribution in [2.75, 3.05) is 19.6 Å². The Bertz CT molecular complexity index is 176. The summed E-state index contributed by atoms with van der Waals surface area (Å²) in [6.07, 6.45) is 4.67. The van der Waals surface area contributed by atoms with E-state index in [0.29, 0.717) is 12.6 Å². The summed E-state index contributed by atoms with van der Waals surface area (Å²) in [6, 6.07) is 0.464. The fraction of sp³-hybridized carbons (Fsp3) is 0.909. The van der Waals surface area contributed by atoms with Gasteiger partial charge in [-0.1, -0.05) is 13.3 Å². The molecule has 1 unspecified atom stereocenters. The molecule has 1 rings (SSSR count). The van der Waals surface area contributed by atoms with Crippen LogP contribution in [-0.4, -0.2) is 36.5 Å². The summed E-state index contributed by atoms with van der Waals surface area (Å²) < 4.78 is 0. The first-order valence-electron chi connectivity index (χ1n) is 5.75. The summed E-state index contributed by atoms with van der Waals surface area (Å²) in [6.45, 7) is 6.74. The van der Waals surface area contributed by atoms with E-state index in [4.69, 9.17) is 0 Å². The Labute approximate surface area is 86.9 Å². The molecule has 0 saturated carbocycles. The number of nitrogens with one attached hydrogen (secondary N) is 1. The predicted molar refractivity (Wildman–Crippen MR) is 58.2 cm³/mol. The van der Waals surface area contributed by atoms with Crippen LogP contribution in [0.2, 0.25) is 0 Å². The number of rotatable bonds is 5. The van der Waals surface area contributed by atoms with Crippen LogP contribution in [0.3, 0.4) is 0 Å². The van der Waals surface area contributed by atoms with Gasteiger partial charge in [-0.15, -0.1) is 0 Å². The number of amides is 1. The van der Waals surface area contributed by atoms with Gasteiger partial charge in [0.05, 0.1) is 6.54 Å². The third kappa shape index (κ3) is 3.66. The van der Waals surface area contributed by atoms with Gasteiger partial charge >= 0.3 is 0 Å². The van der Waals surface area contributed by atoms with Crippen LogP contribution in [0.4, 0.5) is 0 Å².